The Morgan fingerprint density at radius 2 is 1.45 bits per heavy atom. The smallest absolute Gasteiger partial charge is 0.161 e. The first kappa shape index (κ1) is 15.7. The minimum atomic E-state index is 0.340. The molecule has 0 spiro atoms. The van der Waals surface area contributed by atoms with E-state index in [4.69, 9.17) is 9.47 Å². The van der Waals surface area contributed by atoms with Crippen LogP contribution in [0.25, 0.3) is 0 Å². The lowest BCUT2D eigenvalue weighted by Crippen LogP contribution is -2.03. The zero-order valence-electron chi connectivity index (χ0n) is 13.5. The summed E-state index contributed by atoms with van der Waals surface area (Å²) in [6, 6.07) is 4.17. The molecule has 2 rings (SSSR count). The van der Waals surface area contributed by atoms with E-state index in [9.17, 15) is 0 Å². The summed E-state index contributed by atoms with van der Waals surface area (Å²) in [4.78, 5) is 0.340. The average molecular weight is 341 g/mol. The molecule has 0 saturated heterocycles. The van der Waals surface area contributed by atoms with E-state index < -0.39 is 0 Å². The summed E-state index contributed by atoms with van der Waals surface area (Å²) in [5, 5.41) is 0. The number of halogens is 1. The Kier molecular flexibility index (Phi) is 3.87. The molecule has 2 nitrogen and oxygen atoms in total. The molecule has 1 atom stereocenters. The standard InChI is InChI=1S/C17H25BrO2/c1-10-8-12(19-6)13(20-7)9-11(10)14(18)15-16(2,3)17(15,4)5/h8-9,14-15H,1-7H3. The highest BCUT2D eigenvalue weighted by Crippen LogP contribution is 2.74. The third-order valence-electron chi connectivity index (χ3n) is 5.49. The van der Waals surface area contributed by atoms with E-state index in [1.807, 2.05) is 0 Å². The van der Waals surface area contributed by atoms with Crippen molar-refractivity contribution in [2.24, 2.45) is 16.7 Å². The van der Waals surface area contributed by atoms with Crippen LogP contribution in [0.2, 0.25) is 0 Å². The quantitative estimate of drug-likeness (QED) is 0.707. The van der Waals surface area contributed by atoms with Gasteiger partial charge in [0, 0.05) is 4.83 Å². The van der Waals surface area contributed by atoms with E-state index in [0.717, 1.165) is 11.5 Å². The van der Waals surface area contributed by atoms with Gasteiger partial charge in [0.2, 0.25) is 0 Å². The molecule has 0 heterocycles. The molecular formula is C17H25BrO2. The molecule has 1 unspecified atom stereocenters. The van der Waals surface area contributed by atoms with Gasteiger partial charge in [-0.25, -0.2) is 0 Å². The summed E-state index contributed by atoms with van der Waals surface area (Å²) >= 11 is 3.93. The van der Waals surface area contributed by atoms with Crippen molar-refractivity contribution in [3.05, 3.63) is 23.3 Å². The fourth-order valence-corrected chi connectivity index (χ4v) is 5.27. The van der Waals surface area contributed by atoms with Crippen LogP contribution in [-0.2, 0) is 0 Å². The van der Waals surface area contributed by atoms with Gasteiger partial charge < -0.3 is 9.47 Å². The maximum absolute atomic E-state index is 5.44. The number of methoxy groups -OCH3 is 2. The monoisotopic (exact) mass is 340 g/mol. The van der Waals surface area contributed by atoms with Gasteiger partial charge in [0.05, 0.1) is 14.2 Å². The fourth-order valence-electron chi connectivity index (χ4n) is 3.45. The zero-order chi connectivity index (χ0) is 15.3. The summed E-state index contributed by atoms with van der Waals surface area (Å²) in [5.41, 5.74) is 3.23. The van der Waals surface area contributed by atoms with E-state index in [-0.39, 0.29) is 0 Å². The van der Waals surface area contributed by atoms with Crippen molar-refractivity contribution in [3.63, 3.8) is 0 Å². The topological polar surface area (TPSA) is 18.5 Å². The summed E-state index contributed by atoms with van der Waals surface area (Å²) in [6.45, 7) is 11.5. The lowest BCUT2D eigenvalue weighted by molar-refractivity contribution is 0.354. The summed E-state index contributed by atoms with van der Waals surface area (Å²) in [5.74, 6) is 2.21. The average Bonchev–Trinajstić information content (AvgIpc) is 2.78. The van der Waals surface area contributed by atoms with Crippen molar-refractivity contribution in [3.8, 4) is 11.5 Å². The molecule has 1 saturated carbocycles. The number of benzene rings is 1. The SMILES string of the molecule is COc1cc(C)c(C(Br)C2C(C)(C)C2(C)C)cc1OC. The first-order valence-electron chi connectivity index (χ1n) is 7.05. The largest absolute Gasteiger partial charge is 0.493 e. The summed E-state index contributed by atoms with van der Waals surface area (Å²) in [7, 11) is 3.36. The van der Waals surface area contributed by atoms with Crippen molar-refractivity contribution in [2.45, 2.75) is 39.4 Å². The van der Waals surface area contributed by atoms with Crippen LogP contribution in [0.15, 0.2) is 12.1 Å². The number of alkyl halides is 1. The number of ether oxygens (including phenoxy) is 2. The highest BCUT2D eigenvalue weighted by Gasteiger charge is 2.67. The molecule has 1 fully saturated rings. The predicted octanol–water partition coefficient (Wildman–Crippen LogP) is 5.13. The van der Waals surface area contributed by atoms with E-state index >= 15 is 0 Å². The molecular weight excluding hydrogens is 316 g/mol. The van der Waals surface area contributed by atoms with Crippen LogP contribution >= 0.6 is 15.9 Å². The Labute approximate surface area is 131 Å². The normalized spacial score (nSPS) is 21.4. The molecule has 0 amide bonds. The minimum Gasteiger partial charge on any atom is -0.493 e. The van der Waals surface area contributed by atoms with E-state index in [0.29, 0.717) is 21.6 Å². The van der Waals surface area contributed by atoms with Gasteiger partial charge in [-0.2, -0.15) is 0 Å². The molecule has 0 N–H and O–H groups in total. The molecule has 0 bridgehead atoms. The second-order valence-corrected chi connectivity index (χ2v) is 7.87. The van der Waals surface area contributed by atoms with Gasteiger partial charge in [0.25, 0.3) is 0 Å². The van der Waals surface area contributed by atoms with Crippen LogP contribution in [-0.4, -0.2) is 14.2 Å². The molecule has 1 aliphatic carbocycles. The second-order valence-electron chi connectivity index (χ2n) is 6.89. The maximum atomic E-state index is 5.44. The van der Waals surface area contributed by atoms with Gasteiger partial charge in [-0.1, -0.05) is 43.6 Å². The third kappa shape index (κ3) is 2.14. The molecule has 1 aromatic rings. The van der Waals surface area contributed by atoms with Crippen molar-refractivity contribution in [1.29, 1.82) is 0 Å². The maximum Gasteiger partial charge on any atom is 0.161 e. The molecule has 20 heavy (non-hydrogen) atoms. The molecule has 0 aromatic heterocycles. The van der Waals surface area contributed by atoms with Crippen molar-refractivity contribution in [2.75, 3.05) is 14.2 Å². The zero-order valence-corrected chi connectivity index (χ0v) is 15.1. The van der Waals surface area contributed by atoms with E-state index in [1.165, 1.54) is 11.1 Å². The number of hydrogen-bond acceptors (Lipinski definition) is 2. The molecule has 0 aliphatic heterocycles. The first-order chi connectivity index (χ1) is 9.18. The minimum absolute atomic E-state index is 0.340. The van der Waals surface area contributed by atoms with Crippen molar-refractivity contribution in [1.82, 2.24) is 0 Å². The Bertz CT molecular complexity index is 506. The van der Waals surface area contributed by atoms with Crippen LogP contribution in [0, 0.1) is 23.7 Å². The Morgan fingerprint density at radius 3 is 1.85 bits per heavy atom. The first-order valence-corrected chi connectivity index (χ1v) is 7.96. The summed E-state index contributed by atoms with van der Waals surface area (Å²) in [6.07, 6.45) is 0. The van der Waals surface area contributed by atoms with Gasteiger partial charge in [0.1, 0.15) is 0 Å². The Morgan fingerprint density at radius 1 is 1.00 bits per heavy atom. The Balaban J connectivity index is 2.39. The lowest BCUT2D eigenvalue weighted by atomic mass is 9.98. The van der Waals surface area contributed by atoms with E-state index in [1.54, 1.807) is 14.2 Å². The van der Waals surface area contributed by atoms with Gasteiger partial charge in [-0.05, 0) is 46.9 Å². The molecule has 0 radical (unpaired) electrons. The molecule has 3 heteroatoms. The van der Waals surface area contributed by atoms with Crippen LogP contribution in [0.3, 0.4) is 0 Å². The van der Waals surface area contributed by atoms with E-state index in [2.05, 4.69) is 62.7 Å². The van der Waals surface area contributed by atoms with Crippen molar-refractivity contribution < 1.29 is 9.47 Å². The van der Waals surface area contributed by atoms with Gasteiger partial charge in [0.15, 0.2) is 11.5 Å². The molecule has 112 valence electrons. The van der Waals surface area contributed by atoms with Gasteiger partial charge in [-0.15, -0.1) is 0 Å². The highest BCUT2D eigenvalue weighted by molar-refractivity contribution is 9.09. The second kappa shape index (κ2) is 4.94. The van der Waals surface area contributed by atoms with Gasteiger partial charge >= 0.3 is 0 Å². The third-order valence-corrected chi connectivity index (χ3v) is 6.52. The number of aryl methyl sites for hydroxylation is 1. The van der Waals surface area contributed by atoms with Crippen LogP contribution in [0.5, 0.6) is 11.5 Å². The molecule has 1 aliphatic rings. The number of hydrogen-bond donors (Lipinski definition) is 0. The van der Waals surface area contributed by atoms with Crippen LogP contribution in [0.1, 0.15) is 43.6 Å². The fraction of sp³-hybridized carbons (Fsp3) is 0.647. The predicted molar refractivity (Wildman–Crippen MR) is 87.0 cm³/mol. The van der Waals surface area contributed by atoms with Crippen LogP contribution in [0.4, 0.5) is 0 Å². The molecule has 1 aromatic carbocycles. The van der Waals surface area contributed by atoms with Gasteiger partial charge in [-0.3, -0.25) is 0 Å². The van der Waals surface area contributed by atoms with Crippen LogP contribution < -0.4 is 9.47 Å². The number of rotatable bonds is 4. The van der Waals surface area contributed by atoms with Crippen molar-refractivity contribution >= 4 is 15.9 Å². The lowest BCUT2D eigenvalue weighted by Gasteiger charge is -2.18. The Hall–Kier alpha value is -0.700. The summed E-state index contributed by atoms with van der Waals surface area (Å²) < 4.78 is 10.8. The highest BCUT2D eigenvalue weighted by atomic mass is 79.9.